The first kappa shape index (κ1) is 37.0. The van der Waals surface area contributed by atoms with Crippen molar-refractivity contribution in [1.29, 1.82) is 5.41 Å². The quantitative estimate of drug-likeness (QED) is 0.0491. The summed E-state index contributed by atoms with van der Waals surface area (Å²) in [5, 5.41) is 30.8. The van der Waals surface area contributed by atoms with Gasteiger partial charge in [0, 0.05) is 18.4 Å². The Kier molecular flexibility index (Phi) is 13.5. The van der Waals surface area contributed by atoms with E-state index in [1.807, 2.05) is 0 Å². The van der Waals surface area contributed by atoms with Crippen LogP contribution in [0.2, 0.25) is 0 Å². The third kappa shape index (κ3) is 12.1. The van der Waals surface area contributed by atoms with Crippen molar-refractivity contribution in [3.8, 4) is 0 Å². The van der Waals surface area contributed by atoms with Crippen molar-refractivity contribution in [2.45, 2.75) is 70.3 Å². The zero-order chi connectivity index (χ0) is 35.3. The van der Waals surface area contributed by atoms with Crippen LogP contribution in [0, 0.1) is 5.41 Å². The van der Waals surface area contributed by atoms with E-state index in [0.717, 1.165) is 5.56 Å². The summed E-state index contributed by atoms with van der Waals surface area (Å²) in [7, 11) is 0. The molecule has 0 aliphatic carbocycles. The van der Waals surface area contributed by atoms with Gasteiger partial charge in [-0.25, -0.2) is 9.59 Å². The number of benzene rings is 2. The second-order valence-corrected chi connectivity index (χ2v) is 12.0. The fraction of sp³-hybridized carbons (Fsp3) is 0.394. The van der Waals surface area contributed by atoms with Gasteiger partial charge in [0.05, 0.1) is 18.7 Å². The Hall–Kier alpha value is -5.44. The Morgan fingerprint density at radius 2 is 1.54 bits per heavy atom. The molecule has 0 aliphatic rings. The Balaban J connectivity index is 1.72. The second-order valence-electron chi connectivity index (χ2n) is 12.0. The van der Waals surface area contributed by atoms with Crippen molar-refractivity contribution in [3.05, 3.63) is 82.2 Å². The summed E-state index contributed by atoms with van der Waals surface area (Å²) in [5.74, 6) is -2.55. The normalized spacial score (nSPS) is 13.0. The molecule has 0 saturated heterocycles. The van der Waals surface area contributed by atoms with Gasteiger partial charge in [-0.1, -0.05) is 48.5 Å². The van der Waals surface area contributed by atoms with Crippen molar-refractivity contribution in [3.63, 3.8) is 0 Å². The number of carbonyl (C=O) groups is 4. The largest absolute Gasteiger partial charge is 0.444 e. The van der Waals surface area contributed by atoms with Gasteiger partial charge in [-0.05, 0) is 51.3 Å². The van der Waals surface area contributed by atoms with Crippen LogP contribution in [0.25, 0.3) is 11.0 Å². The maximum atomic E-state index is 13.4. The lowest BCUT2D eigenvalue weighted by atomic mass is 10.0. The van der Waals surface area contributed by atoms with Crippen LogP contribution in [0.5, 0.6) is 0 Å². The smallest absolute Gasteiger partial charge is 0.408 e. The molecule has 0 spiro atoms. The van der Waals surface area contributed by atoms with Crippen LogP contribution in [-0.2, 0) is 32.1 Å². The van der Waals surface area contributed by atoms with Crippen LogP contribution in [0.4, 0.5) is 4.79 Å². The maximum Gasteiger partial charge on any atom is 0.408 e. The topological polar surface area (TPSA) is 238 Å². The minimum absolute atomic E-state index is 0.0582. The molecule has 0 saturated carbocycles. The number of aliphatic hydroxyl groups excluding tert-OH is 1. The summed E-state index contributed by atoms with van der Waals surface area (Å²) in [6, 6.07) is 13.5. The molecule has 48 heavy (non-hydrogen) atoms. The molecule has 0 radical (unpaired) electrons. The summed E-state index contributed by atoms with van der Waals surface area (Å²) in [6.07, 6.45) is -0.416. The minimum atomic E-state index is -1.49. The molecule has 1 heterocycles. The lowest BCUT2D eigenvalue weighted by molar-refractivity contribution is -0.133. The first-order chi connectivity index (χ1) is 22.8. The number of nitrogens with one attached hydrogen (secondary N) is 6. The van der Waals surface area contributed by atoms with Gasteiger partial charge in [0.25, 0.3) is 0 Å². The molecule has 3 rings (SSSR count). The Morgan fingerprint density at radius 3 is 2.21 bits per heavy atom. The van der Waals surface area contributed by atoms with Gasteiger partial charge in [0.15, 0.2) is 5.96 Å². The zero-order valence-corrected chi connectivity index (χ0v) is 27.1. The molecule has 9 N–H and O–H groups in total. The van der Waals surface area contributed by atoms with Crippen LogP contribution < -0.4 is 37.9 Å². The molecular weight excluding hydrogens is 622 g/mol. The van der Waals surface area contributed by atoms with Gasteiger partial charge in [0.1, 0.15) is 29.3 Å². The SMILES string of the molecule is CC(C)(C)OC(=O)N[C@@H](Cc1ccccc1)C(=O)N[C@@H](CO)C(=O)N[C@@H](CCCNC(=N)N)C(=O)NCc1cc2ccccc2oc1=O. The minimum Gasteiger partial charge on any atom is -0.444 e. The fourth-order valence-corrected chi connectivity index (χ4v) is 4.58. The van der Waals surface area contributed by atoms with Crippen LogP contribution in [0.3, 0.4) is 0 Å². The number of hydrogen-bond acceptors (Lipinski definition) is 9. The monoisotopic (exact) mass is 665 g/mol. The van der Waals surface area contributed by atoms with Gasteiger partial charge in [-0.2, -0.15) is 0 Å². The predicted octanol–water partition coefficient (Wildman–Crippen LogP) is 0.770. The first-order valence-corrected chi connectivity index (χ1v) is 15.4. The molecule has 2 aromatic carbocycles. The number of guanidine groups is 1. The van der Waals surface area contributed by atoms with Crippen molar-refractivity contribution < 1.29 is 33.4 Å². The number of hydrogen-bond donors (Lipinski definition) is 8. The number of alkyl carbamates (subject to hydrolysis) is 1. The molecule has 1 aromatic heterocycles. The van der Waals surface area contributed by atoms with Crippen LogP contribution in [-0.4, -0.2) is 71.8 Å². The second kappa shape index (κ2) is 17.5. The van der Waals surface area contributed by atoms with Gasteiger partial charge in [-0.3, -0.25) is 19.8 Å². The summed E-state index contributed by atoms with van der Waals surface area (Å²) >= 11 is 0. The van der Waals surface area contributed by atoms with Crippen LogP contribution >= 0.6 is 0 Å². The number of rotatable bonds is 15. The van der Waals surface area contributed by atoms with E-state index in [0.29, 0.717) is 17.4 Å². The average Bonchev–Trinajstić information content (AvgIpc) is 3.02. The third-order valence-corrected chi connectivity index (χ3v) is 6.89. The van der Waals surface area contributed by atoms with E-state index in [-0.39, 0.29) is 37.5 Å². The molecule has 3 atom stereocenters. The highest BCUT2D eigenvalue weighted by atomic mass is 16.6. The van der Waals surface area contributed by atoms with E-state index in [1.54, 1.807) is 81.4 Å². The van der Waals surface area contributed by atoms with Crippen LogP contribution in [0.15, 0.2) is 69.9 Å². The highest BCUT2D eigenvalue weighted by Crippen LogP contribution is 2.13. The van der Waals surface area contributed by atoms with Crippen LogP contribution in [0.1, 0.15) is 44.7 Å². The predicted molar refractivity (Wildman–Crippen MR) is 178 cm³/mol. The van der Waals surface area contributed by atoms with E-state index in [4.69, 9.17) is 20.3 Å². The van der Waals surface area contributed by atoms with E-state index in [9.17, 15) is 29.1 Å². The summed E-state index contributed by atoms with van der Waals surface area (Å²) in [4.78, 5) is 65.0. The highest BCUT2D eigenvalue weighted by Gasteiger charge is 2.30. The molecule has 3 aromatic rings. The van der Waals surface area contributed by atoms with Gasteiger partial charge < -0.3 is 46.6 Å². The van der Waals surface area contributed by atoms with E-state index in [2.05, 4.69) is 26.6 Å². The lowest BCUT2D eigenvalue weighted by Crippen LogP contribution is -2.58. The number of aliphatic hydroxyl groups is 1. The lowest BCUT2D eigenvalue weighted by Gasteiger charge is -2.26. The van der Waals surface area contributed by atoms with Gasteiger partial charge in [-0.15, -0.1) is 0 Å². The van der Waals surface area contributed by atoms with E-state index >= 15 is 0 Å². The summed E-state index contributed by atoms with van der Waals surface area (Å²) < 4.78 is 10.6. The highest BCUT2D eigenvalue weighted by molar-refractivity contribution is 5.94. The van der Waals surface area contributed by atoms with Crippen molar-refractivity contribution in [2.24, 2.45) is 5.73 Å². The van der Waals surface area contributed by atoms with Crippen molar-refractivity contribution in [1.82, 2.24) is 26.6 Å². The fourth-order valence-electron chi connectivity index (χ4n) is 4.58. The van der Waals surface area contributed by atoms with Crippen molar-refractivity contribution in [2.75, 3.05) is 13.2 Å². The molecule has 0 unspecified atom stereocenters. The van der Waals surface area contributed by atoms with Gasteiger partial charge in [0.2, 0.25) is 17.7 Å². The van der Waals surface area contributed by atoms with Gasteiger partial charge >= 0.3 is 11.7 Å². The average molecular weight is 666 g/mol. The van der Waals surface area contributed by atoms with E-state index < -0.39 is 59.8 Å². The Labute approximate surface area is 277 Å². The maximum absolute atomic E-state index is 13.4. The number of nitrogens with two attached hydrogens (primary N) is 1. The Bertz CT molecular complexity index is 1640. The number of fused-ring (bicyclic) bond motifs is 1. The van der Waals surface area contributed by atoms with E-state index in [1.165, 1.54) is 0 Å². The molecule has 15 nitrogen and oxygen atoms in total. The molecule has 0 fully saturated rings. The molecular formula is C33H43N7O8. The Morgan fingerprint density at radius 1 is 0.896 bits per heavy atom. The number of ether oxygens (including phenoxy) is 1. The summed E-state index contributed by atoms with van der Waals surface area (Å²) in [5.41, 5.74) is 5.17. The zero-order valence-electron chi connectivity index (χ0n) is 27.1. The summed E-state index contributed by atoms with van der Waals surface area (Å²) in [6.45, 7) is 4.22. The number of amides is 4. The first-order valence-electron chi connectivity index (χ1n) is 15.4. The molecule has 15 heteroatoms. The standard InChI is InChI=1S/C33H43N7O8/c1-33(2,3)48-32(46)40-24(16-20-10-5-4-6-11-20)28(43)39-25(19-41)29(44)38-23(13-9-15-36-31(34)35)27(42)37-18-22-17-21-12-7-8-14-26(21)47-30(22)45/h4-8,10-12,14,17,23-25,41H,9,13,15-16,18-19H2,1-3H3,(H,37,42)(H,38,44)(H,39,43)(H,40,46)(H4,34,35,36)/t23-,24-,25-/m0/s1. The molecule has 258 valence electrons. The van der Waals surface area contributed by atoms with Crippen molar-refractivity contribution >= 4 is 40.7 Å². The molecule has 0 aliphatic heterocycles. The number of para-hydroxylation sites is 1. The number of carbonyl (C=O) groups excluding carboxylic acids is 4. The molecule has 4 amide bonds. The molecule has 0 bridgehead atoms. The third-order valence-electron chi connectivity index (χ3n) is 6.89.